The third-order valence-electron chi connectivity index (χ3n) is 3.38. The number of carbonyl (C=O) groups is 1. The highest BCUT2D eigenvalue weighted by Gasteiger charge is 2.25. The molecule has 0 saturated heterocycles. The minimum Gasteiger partial charge on any atom is -0.310 e. The number of nitrogens with one attached hydrogen (secondary N) is 1. The maximum absolute atomic E-state index is 11.3. The molecule has 2 unspecified atom stereocenters. The van der Waals surface area contributed by atoms with E-state index in [1.54, 1.807) is 0 Å². The molecule has 0 amide bonds. The molecule has 0 radical (unpaired) electrons. The summed E-state index contributed by atoms with van der Waals surface area (Å²) >= 11 is 0. The van der Waals surface area contributed by atoms with E-state index in [2.05, 4.69) is 36.5 Å². The Morgan fingerprint density at radius 2 is 2.06 bits per heavy atom. The van der Waals surface area contributed by atoms with Gasteiger partial charge in [0.25, 0.3) is 0 Å². The van der Waals surface area contributed by atoms with Crippen LogP contribution in [0, 0.1) is 5.92 Å². The van der Waals surface area contributed by atoms with Crippen molar-refractivity contribution >= 4 is 5.78 Å². The molecule has 2 nitrogen and oxygen atoms in total. The zero-order chi connectivity index (χ0) is 11.4. The second kappa shape index (κ2) is 5.26. The lowest BCUT2D eigenvalue weighted by Crippen LogP contribution is -2.39. The molecule has 0 heterocycles. The molecule has 16 heavy (non-hydrogen) atoms. The Kier molecular flexibility index (Phi) is 3.73. The Hall–Kier alpha value is -1.15. The summed E-state index contributed by atoms with van der Waals surface area (Å²) in [5, 5.41) is 3.56. The van der Waals surface area contributed by atoms with Gasteiger partial charge in [-0.1, -0.05) is 37.3 Å². The predicted molar refractivity (Wildman–Crippen MR) is 65.1 cm³/mol. The molecule has 0 aliphatic heterocycles. The van der Waals surface area contributed by atoms with Crippen LogP contribution in [0.5, 0.6) is 0 Å². The quantitative estimate of drug-likeness (QED) is 0.843. The SMILES string of the molecule is CC1CC(=O)CCC1NCc1ccccc1. The molecule has 1 aliphatic carbocycles. The Morgan fingerprint density at radius 3 is 2.75 bits per heavy atom. The summed E-state index contributed by atoms with van der Waals surface area (Å²) in [5.74, 6) is 0.898. The van der Waals surface area contributed by atoms with Gasteiger partial charge in [-0.25, -0.2) is 0 Å². The van der Waals surface area contributed by atoms with E-state index in [4.69, 9.17) is 0 Å². The van der Waals surface area contributed by atoms with Gasteiger partial charge < -0.3 is 5.32 Å². The van der Waals surface area contributed by atoms with Crippen LogP contribution in [0.2, 0.25) is 0 Å². The minimum atomic E-state index is 0.422. The molecule has 0 spiro atoms. The number of hydrogen-bond donors (Lipinski definition) is 1. The van der Waals surface area contributed by atoms with Gasteiger partial charge in [0, 0.05) is 25.4 Å². The van der Waals surface area contributed by atoms with E-state index in [0.29, 0.717) is 17.7 Å². The van der Waals surface area contributed by atoms with E-state index in [-0.39, 0.29) is 0 Å². The lowest BCUT2D eigenvalue weighted by Gasteiger charge is -2.28. The van der Waals surface area contributed by atoms with Crippen molar-refractivity contribution in [3.8, 4) is 0 Å². The maximum atomic E-state index is 11.3. The minimum absolute atomic E-state index is 0.422. The van der Waals surface area contributed by atoms with Crippen LogP contribution in [-0.2, 0) is 11.3 Å². The lowest BCUT2D eigenvalue weighted by molar-refractivity contribution is -0.121. The van der Waals surface area contributed by atoms with Crippen molar-refractivity contribution in [3.63, 3.8) is 0 Å². The third kappa shape index (κ3) is 2.92. The zero-order valence-corrected chi connectivity index (χ0v) is 9.78. The molecule has 2 heteroatoms. The molecule has 0 bridgehead atoms. The van der Waals surface area contributed by atoms with E-state index in [0.717, 1.165) is 25.8 Å². The summed E-state index contributed by atoms with van der Waals surface area (Å²) in [6, 6.07) is 10.9. The van der Waals surface area contributed by atoms with Crippen LogP contribution < -0.4 is 5.32 Å². The van der Waals surface area contributed by atoms with Gasteiger partial charge in [0.15, 0.2) is 0 Å². The van der Waals surface area contributed by atoms with E-state index >= 15 is 0 Å². The van der Waals surface area contributed by atoms with E-state index in [1.807, 2.05) is 6.07 Å². The molecule has 86 valence electrons. The highest BCUT2D eigenvalue weighted by Crippen LogP contribution is 2.21. The van der Waals surface area contributed by atoms with Gasteiger partial charge in [-0.15, -0.1) is 0 Å². The Morgan fingerprint density at radius 1 is 1.31 bits per heavy atom. The van der Waals surface area contributed by atoms with Gasteiger partial charge in [0.1, 0.15) is 5.78 Å². The van der Waals surface area contributed by atoms with Crippen LogP contribution in [0.4, 0.5) is 0 Å². The first kappa shape index (κ1) is 11.3. The molecule has 1 aromatic carbocycles. The van der Waals surface area contributed by atoms with Crippen molar-refractivity contribution in [1.82, 2.24) is 5.32 Å². The molecule has 0 aromatic heterocycles. The molecule has 1 aliphatic rings. The van der Waals surface area contributed by atoms with Gasteiger partial charge in [0.05, 0.1) is 0 Å². The van der Waals surface area contributed by atoms with Gasteiger partial charge >= 0.3 is 0 Å². The first-order chi connectivity index (χ1) is 7.75. The monoisotopic (exact) mass is 217 g/mol. The third-order valence-corrected chi connectivity index (χ3v) is 3.38. The van der Waals surface area contributed by atoms with E-state index in [1.165, 1.54) is 5.56 Å². The molecular formula is C14H19NO. The lowest BCUT2D eigenvalue weighted by atomic mass is 9.85. The number of Topliss-reactive ketones (excluding diaryl/α,β-unsaturated/α-hetero) is 1. The molecule has 2 rings (SSSR count). The fourth-order valence-corrected chi connectivity index (χ4v) is 2.35. The summed E-state index contributed by atoms with van der Waals surface area (Å²) in [7, 11) is 0. The second-order valence-corrected chi connectivity index (χ2v) is 4.73. The number of carbonyl (C=O) groups excluding carboxylic acids is 1. The molecule has 1 fully saturated rings. The van der Waals surface area contributed by atoms with E-state index in [9.17, 15) is 4.79 Å². The summed E-state index contributed by atoms with van der Waals surface area (Å²) in [6.45, 7) is 3.07. The van der Waals surface area contributed by atoms with Gasteiger partial charge in [-0.05, 0) is 17.9 Å². The van der Waals surface area contributed by atoms with Crippen LogP contribution in [0.25, 0.3) is 0 Å². The van der Waals surface area contributed by atoms with Gasteiger partial charge in [0.2, 0.25) is 0 Å². The zero-order valence-electron chi connectivity index (χ0n) is 9.78. The topological polar surface area (TPSA) is 29.1 Å². The van der Waals surface area contributed by atoms with Crippen LogP contribution in [0.1, 0.15) is 31.7 Å². The number of hydrogen-bond acceptors (Lipinski definition) is 2. The largest absolute Gasteiger partial charge is 0.310 e. The average Bonchev–Trinajstić information content (AvgIpc) is 2.29. The van der Waals surface area contributed by atoms with Crippen molar-refractivity contribution in [2.75, 3.05) is 0 Å². The second-order valence-electron chi connectivity index (χ2n) is 4.73. The highest BCUT2D eigenvalue weighted by atomic mass is 16.1. The highest BCUT2D eigenvalue weighted by molar-refractivity contribution is 5.79. The maximum Gasteiger partial charge on any atom is 0.133 e. The van der Waals surface area contributed by atoms with Crippen molar-refractivity contribution < 1.29 is 4.79 Å². The van der Waals surface area contributed by atoms with Crippen molar-refractivity contribution in [2.45, 2.75) is 38.8 Å². The summed E-state index contributed by atoms with van der Waals surface area (Å²) < 4.78 is 0. The van der Waals surface area contributed by atoms with Crippen LogP contribution in [0.3, 0.4) is 0 Å². The first-order valence-electron chi connectivity index (χ1n) is 6.04. The number of rotatable bonds is 3. The Labute approximate surface area is 97.1 Å². The number of benzene rings is 1. The Bertz CT molecular complexity index is 347. The molecule has 1 saturated carbocycles. The van der Waals surface area contributed by atoms with Crippen molar-refractivity contribution in [1.29, 1.82) is 0 Å². The van der Waals surface area contributed by atoms with Crippen LogP contribution in [-0.4, -0.2) is 11.8 Å². The fourth-order valence-electron chi connectivity index (χ4n) is 2.35. The standard InChI is InChI=1S/C14H19NO/c1-11-9-13(16)7-8-14(11)15-10-12-5-3-2-4-6-12/h2-6,11,14-15H,7-10H2,1H3. The average molecular weight is 217 g/mol. The van der Waals surface area contributed by atoms with Crippen LogP contribution >= 0.6 is 0 Å². The molecule has 1 N–H and O–H groups in total. The predicted octanol–water partition coefficient (Wildman–Crippen LogP) is 2.53. The van der Waals surface area contributed by atoms with Gasteiger partial charge in [-0.3, -0.25) is 4.79 Å². The fraction of sp³-hybridized carbons (Fsp3) is 0.500. The number of ketones is 1. The molecule has 1 aromatic rings. The first-order valence-corrected chi connectivity index (χ1v) is 6.04. The Balaban J connectivity index is 1.84. The van der Waals surface area contributed by atoms with Crippen LogP contribution in [0.15, 0.2) is 30.3 Å². The molecule has 2 atom stereocenters. The van der Waals surface area contributed by atoms with E-state index < -0.39 is 0 Å². The summed E-state index contributed by atoms with van der Waals surface area (Å²) in [4.78, 5) is 11.3. The summed E-state index contributed by atoms with van der Waals surface area (Å²) in [5.41, 5.74) is 1.31. The smallest absolute Gasteiger partial charge is 0.133 e. The van der Waals surface area contributed by atoms with Gasteiger partial charge in [-0.2, -0.15) is 0 Å². The summed E-state index contributed by atoms with van der Waals surface area (Å²) in [6.07, 6.45) is 2.48. The molecular weight excluding hydrogens is 198 g/mol. The normalized spacial score (nSPS) is 25.7. The van der Waals surface area contributed by atoms with Crippen molar-refractivity contribution in [3.05, 3.63) is 35.9 Å². The van der Waals surface area contributed by atoms with Crippen molar-refractivity contribution in [2.24, 2.45) is 5.92 Å².